The monoisotopic (exact) mass is 500 g/mol. The summed E-state index contributed by atoms with van der Waals surface area (Å²) < 4.78 is 33.4. The molecule has 0 spiro atoms. The summed E-state index contributed by atoms with van der Waals surface area (Å²) >= 11 is 6.26. The van der Waals surface area contributed by atoms with Crippen molar-refractivity contribution in [2.45, 2.75) is 31.6 Å². The number of hydrogen-bond donors (Lipinski definition) is 1. The summed E-state index contributed by atoms with van der Waals surface area (Å²) in [4.78, 5) is 12.9. The Hall–Kier alpha value is -3.03. The van der Waals surface area contributed by atoms with Gasteiger partial charge < -0.3 is 10.1 Å². The molecule has 0 aromatic heterocycles. The summed E-state index contributed by atoms with van der Waals surface area (Å²) in [7, 11) is -2.35. The normalized spacial score (nSPS) is 11.2. The number of sulfonamides is 1. The summed E-state index contributed by atoms with van der Waals surface area (Å²) in [5, 5.41) is 3.26. The Labute approximate surface area is 206 Å². The van der Waals surface area contributed by atoms with Gasteiger partial charge in [-0.3, -0.25) is 9.10 Å². The zero-order valence-electron chi connectivity index (χ0n) is 19.5. The van der Waals surface area contributed by atoms with Crippen molar-refractivity contribution in [3.05, 3.63) is 88.4 Å². The number of benzene rings is 3. The lowest BCUT2D eigenvalue weighted by Crippen LogP contribution is -2.41. The summed E-state index contributed by atoms with van der Waals surface area (Å²) in [5.41, 5.74) is 3.15. The Balaban J connectivity index is 1.74. The molecule has 180 valence electrons. The smallest absolute Gasteiger partial charge is 0.264 e. The van der Waals surface area contributed by atoms with Crippen molar-refractivity contribution in [2.75, 3.05) is 24.5 Å². The van der Waals surface area contributed by atoms with E-state index in [-0.39, 0.29) is 11.4 Å². The first-order chi connectivity index (χ1) is 16.2. The second kappa shape index (κ2) is 11.4. The minimum Gasteiger partial charge on any atom is -0.496 e. The van der Waals surface area contributed by atoms with Crippen molar-refractivity contribution in [1.29, 1.82) is 0 Å². The Morgan fingerprint density at radius 2 is 1.74 bits per heavy atom. The maximum Gasteiger partial charge on any atom is 0.264 e. The van der Waals surface area contributed by atoms with Crippen LogP contribution in [0.25, 0.3) is 0 Å². The van der Waals surface area contributed by atoms with Crippen LogP contribution in [0.5, 0.6) is 5.75 Å². The molecule has 3 rings (SSSR count). The standard InChI is InChI=1S/C26H29ClN2O4S/c1-19-10-14-23(15-11-19)34(31,32)29(22-13-12-20(2)24(27)17-22)18-26(30)28-16-6-8-21-7-4-5-9-25(21)33-3/h4-5,7,9-15,17H,6,8,16,18H2,1-3H3,(H,28,30). The van der Waals surface area contributed by atoms with Crippen molar-refractivity contribution in [3.8, 4) is 5.75 Å². The summed E-state index contributed by atoms with van der Waals surface area (Å²) in [5.74, 6) is 0.410. The van der Waals surface area contributed by atoms with Crippen LogP contribution in [0.3, 0.4) is 0 Å². The summed E-state index contributed by atoms with van der Waals surface area (Å²) in [6.07, 6.45) is 1.41. The minimum absolute atomic E-state index is 0.110. The van der Waals surface area contributed by atoms with Crippen LogP contribution in [-0.4, -0.2) is 34.5 Å². The third-order valence-electron chi connectivity index (χ3n) is 5.48. The number of anilines is 1. The molecule has 1 amide bonds. The van der Waals surface area contributed by atoms with Gasteiger partial charge in [0.1, 0.15) is 12.3 Å². The van der Waals surface area contributed by atoms with Crippen molar-refractivity contribution < 1.29 is 17.9 Å². The van der Waals surface area contributed by atoms with Gasteiger partial charge in [0.05, 0.1) is 17.7 Å². The van der Waals surface area contributed by atoms with Crippen LogP contribution in [0.2, 0.25) is 5.02 Å². The quantitative estimate of drug-likeness (QED) is 0.401. The zero-order valence-corrected chi connectivity index (χ0v) is 21.1. The number of ether oxygens (including phenoxy) is 1. The van der Waals surface area contributed by atoms with Gasteiger partial charge in [-0.05, 0) is 68.1 Å². The van der Waals surface area contributed by atoms with E-state index < -0.39 is 15.9 Å². The van der Waals surface area contributed by atoms with Crippen molar-refractivity contribution in [2.24, 2.45) is 0 Å². The third kappa shape index (κ3) is 6.30. The van der Waals surface area contributed by atoms with Crippen molar-refractivity contribution >= 4 is 33.2 Å². The molecule has 3 aromatic carbocycles. The van der Waals surface area contributed by atoms with Crippen LogP contribution in [-0.2, 0) is 21.2 Å². The topological polar surface area (TPSA) is 75.7 Å². The molecule has 3 aromatic rings. The Morgan fingerprint density at radius 1 is 1.03 bits per heavy atom. The van der Waals surface area contributed by atoms with Gasteiger partial charge >= 0.3 is 0 Å². The highest BCUT2D eigenvalue weighted by atomic mass is 35.5. The number of rotatable bonds is 10. The maximum atomic E-state index is 13.5. The lowest BCUT2D eigenvalue weighted by molar-refractivity contribution is -0.119. The molecular formula is C26H29ClN2O4S. The van der Waals surface area contributed by atoms with E-state index in [0.29, 0.717) is 23.7 Å². The Morgan fingerprint density at radius 3 is 2.41 bits per heavy atom. The van der Waals surface area contributed by atoms with E-state index in [0.717, 1.165) is 33.2 Å². The molecule has 6 nitrogen and oxygen atoms in total. The van der Waals surface area contributed by atoms with E-state index in [1.807, 2.05) is 38.1 Å². The molecule has 0 bridgehead atoms. The number of aryl methyl sites for hydroxylation is 3. The van der Waals surface area contributed by atoms with Crippen LogP contribution < -0.4 is 14.4 Å². The van der Waals surface area contributed by atoms with E-state index in [4.69, 9.17) is 16.3 Å². The largest absolute Gasteiger partial charge is 0.496 e. The van der Waals surface area contributed by atoms with Gasteiger partial charge in [-0.2, -0.15) is 0 Å². The van der Waals surface area contributed by atoms with Crippen LogP contribution >= 0.6 is 11.6 Å². The molecule has 0 fully saturated rings. The second-order valence-electron chi connectivity index (χ2n) is 8.02. The minimum atomic E-state index is -3.98. The fourth-order valence-electron chi connectivity index (χ4n) is 3.49. The zero-order chi connectivity index (χ0) is 24.7. The van der Waals surface area contributed by atoms with Crippen LogP contribution in [0.1, 0.15) is 23.1 Å². The number of halogens is 1. The van der Waals surface area contributed by atoms with E-state index in [9.17, 15) is 13.2 Å². The molecule has 0 saturated heterocycles. The average Bonchev–Trinajstić information content (AvgIpc) is 2.82. The van der Waals surface area contributed by atoms with Gasteiger partial charge in [-0.25, -0.2) is 8.42 Å². The molecule has 0 radical (unpaired) electrons. The van der Waals surface area contributed by atoms with E-state index >= 15 is 0 Å². The van der Waals surface area contributed by atoms with E-state index in [1.54, 1.807) is 49.6 Å². The molecule has 0 saturated carbocycles. The number of nitrogens with one attached hydrogen (secondary N) is 1. The first kappa shape index (κ1) is 25.6. The summed E-state index contributed by atoms with van der Waals surface area (Å²) in [6, 6.07) is 19.2. The van der Waals surface area contributed by atoms with Gasteiger partial charge in [0, 0.05) is 11.6 Å². The SMILES string of the molecule is COc1ccccc1CCCNC(=O)CN(c1ccc(C)c(Cl)c1)S(=O)(=O)c1ccc(C)cc1. The molecular weight excluding hydrogens is 472 g/mol. The predicted molar refractivity (Wildman–Crippen MR) is 136 cm³/mol. The molecule has 0 aliphatic rings. The van der Waals surface area contributed by atoms with Gasteiger partial charge in [-0.1, -0.05) is 53.6 Å². The third-order valence-corrected chi connectivity index (χ3v) is 7.67. The molecule has 1 N–H and O–H groups in total. The van der Waals surface area contributed by atoms with Crippen LogP contribution in [0, 0.1) is 13.8 Å². The van der Waals surface area contributed by atoms with E-state index in [2.05, 4.69) is 5.32 Å². The van der Waals surface area contributed by atoms with E-state index in [1.165, 1.54) is 0 Å². The molecule has 0 aliphatic carbocycles. The van der Waals surface area contributed by atoms with Crippen molar-refractivity contribution in [1.82, 2.24) is 5.32 Å². The molecule has 0 atom stereocenters. The van der Waals surface area contributed by atoms with Gasteiger partial charge in [0.15, 0.2) is 0 Å². The number of hydrogen-bond acceptors (Lipinski definition) is 4. The number of carbonyl (C=O) groups is 1. The van der Waals surface area contributed by atoms with Crippen molar-refractivity contribution in [3.63, 3.8) is 0 Å². The number of para-hydroxylation sites is 1. The average molecular weight is 501 g/mol. The molecule has 0 heterocycles. The highest BCUT2D eigenvalue weighted by Gasteiger charge is 2.27. The fourth-order valence-corrected chi connectivity index (χ4v) is 5.08. The molecule has 8 heteroatoms. The number of carbonyl (C=O) groups excluding carboxylic acids is 1. The highest BCUT2D eigenvalue weighted by Crippen LogP contribution is 2.28. The van der Waals surface area contributed by atoms with Gasteiger partial charge in [-0.15, -0.1) is 0 Å². The number of amides is 1. The lowest BCUT2D eigenvalue weighted by Gasteiger charge is -2.24. The van der Waals surface area contributed by atoms with Gasteiger partial charge in [0.25, 0.3) is 10.0 Å². The molecule has 34 heavy (non-hydrogen) atoms. The fraction of sp³-hybridized carbons (Fsp3) is 0.269. The van der Waals surface area contributed by atoms with Crippen LogP contribution in [0.4, 0.5) is 5.69 Å². The van der Waals surface area contributed by atoms with Crippen LogP contribution in [0.15, 0.2) is 71.6 Å². The maximum absolute atomic E-state index is 13.5. The summed E-state index contributed by atoms with van der Waals surface area (Å²) in [6.45, 7) is 3.76. The number of nitrogens with zero attached hydrogens (tertiary/aromatic N) is 1. The molecule has 0 aliphatic heterocycles. The lowest BCUT2D eigenvalue weighted by atomic mass is 10.1. The van der Waals surface area contributed by atoms with Gasteiger partial charge in [0.2, 0.25) is 5.91 Å². The first-order valence-corrected chi connectivity index (χ1v) is 12.8. The predicted octanol–water partition coefficient (Wildman–Crippen LogP) is 4.91. The molecule has 0 unspecified atom stereocenters. The highest BCUT2D eigenvalue weighted by molar-refractivity contribution is 7.92. The second-order valence-corrected chi connectivity index (χ2v) is 10.3. The Bertz CT molecular complexity index is 1240. The number of methoxy groups -OCH3 is 1. The first-order valence-electron chi connectivity index (χ1n) is 11.0. The Kier molecular flexibility index (Phi) is 8.58.